The second-order valence-corrected chi connectivity index (χ2v) is 5.17. The molecular formula is C11H18BrN3O. The summed E-state index contributed by atoms with van der Waals surface area (Å²) >= 11 is 3.29. The molecule has 1 rings (SSSR count). The summed E-state index contributed by atoms with van der Waals surface area (Å²) in [6.45, 7) is 4.63. The highest BCUT2D eigenvalue weighted by atomic mass is 79.9. The Bertz CT molecular complexity index is 344. The van der Waals surface area contributed by atoms with Gasteiger partial charge in [-0.3, -0.25) is 0 Å². The van der Waals surface area contributed by atoms with Crippen molar-refractivity contribution in [2.45, 2.75) is 26.4 Å². The number of nitrogens with one attached hydrogen (secondary N) is 1. The van der Waals surface area contributed by atoms with Crippen LogP contribution < -0.4 is 11.1 Å². The van der Waals surface area contributed by atoms with E-state index in [1.807, 2.05) is 0 Å². The monoisotopic (exact) mass is 287 g/mol. The van der Waals surface area contributed by atoms with Gasteiger partial charge in [0.2, 0.25) is 0 Å². The molecule has 4 nitrogen and oxygen atoms in total. The standard InChI is InChI=1S/C11H18BrN3O/c1-7(2)3-9(16)6-15-11-10(13)4-8(12)5-14-11/h4-5,7,9,16H,3,6,13H2,1-2H3,(H,14,15). The number of nitrogen functional groups attached to an aromatic ring is 1. The summed E-state index contributed by atoms with van der Waals surface area (Å²) in [5.74, 6) is 1.10. The Balaban J connectivity index is 2.48. The zero-order valence-electron chi connectivity index (χ0n) is 9.57. The lowest BCUT2D eigenvalue weighted by atomic mass is 10.1. The van der Waals surface area contributed by atoms with Gasteiger partial charge in [-0.05, 0) is 34.3 Å². The molecule has 0 fully saturated rings. The first-order chi connectivity index (χ1) is 7.49. The number of nitrogens with two attached hydrogens (primary N) is 1. The molecule has 0 aromatic carbocycles. The quantitative estimate of drug-likeness (QED) is 0.777. The van der Waals surface area contributed by atoms with Crippen LogP contribution in [-0.2, 0) is 0 Å². The summed E-state index contributed by atoms with van der Waals surface area (Å²) in [6, 6.07) is 1.78. The van der Waals surface area contributed by atoms with Gasteiger partial charge < -0.3 is 16.2 Å². The molecule has 16 heavy (non-hydrogen) atoms. The van der Waals surface area contributed by atoms with Gasteiger partial charge in [-0.25, -0.2) is 4.98 Å². The number of aliphatic hydroxyl groups excluding tert-OH is 1. The van der Waals surface area contributed by atoms with E-state index < -0.39 is 0 Å². The number of pyridine rings is 1. The highest BCUT2D eigenvalue weighted by Gasteiger charge is 2.08. The number of aromatic nitrogens is 1. The minimum atomic E-state index is -0.371. The van der Waals surface area contributed by atoms with Crippen LogP contribution in [0.2, 0.25) is 0 Å². The van der Waals surface area contributed by atoms with Crippen LogP contribution in [0.15, 0.2) is 16.7 Å². The number of rotatable bonds is 5. The maximum Gasteiger partial charge on any atom is 0.149 e. The van der Waals surface area contributed by atoms with Crippen LogP contribution in [0.5, 0.6) is 0 Å². The van der Waals surface area contributed by atoms with E-state index in [-0.39, 0.29) is 6.10 Å². The topological polar surface area (TPSA) is 71.2 Å². The Morgan fingerprint density at radius 1 is 1.56 bits per heavy atom. The highest BCUT2D eigenvalue weighted by Crippen LogP contribution is 2.19. The van der Waals surface area contributed by atoms with Crippen molar-refractivity contribution in [3.8, 4) is 0 Å². The predicted octanol–water partition coefficient (Wildman–Crippen LogP) is 2.25. The largest absolute Gasteiger partial charge is 0.396 e. The molecule has 0 amide bonds. The van der Waals surface area contributed by atoms with Crippen molar-refractivity contribution in [2.75, 3.05) is 17.6 Å². The maximum absolute atomic E-state index is 9.69. The minimum absolute atomic E-state index is 0.371. The summed E-state index contributed by atoms with van der Waals surface area (Å²) in [6.07, 6.45) is 2.07. The Hall–Kier alpha value is -0.810. The van der Waals surface area contributed by atoms with Crippen molar-refractivity contribution < 1.29 is 5.11 Å². The summed E-state index contributed by atoms with van der Waals surface area (Å²) in [5.41, 5.74) is 6.35. The summed E-state index contributed by atoms with van der Waals surface area (Å²) < 4.78 is 0.846. The second-order valence-electron chi connectivity index (χ2n) is 4.26. The van der Waals surface area contributed by atoms with E-state index in [2.05, 4.69) is 40.1 Å². The fourth-order valence-corrected chi connectivity index (χ4v) is 1.79. The number of halogens is 1. The van der Waals surface area contributed by atoms with Gasteiger partial charge in [0.25, 0.3) is 0 Å². The molecule has 0 aliphatic heterocycles. The van der Waals surface area contributed by atoms with Gasteiger partial charge in [-0.1, -0.05) is 13.8 Å². The fraction of sp³-hybridized carbons (Fsp3) is 0.545. The van der Waals surface area contributed by atoms with Gasteiger partial charge in [0, 0.05) is 17.2 Å². The van der Waals surface area contributed by atoms with Crippen LogP contribution in [0.1, 0.15) is 20.3 Å². The van der Waals surface area contributed by atoms with E-state index in [4.69, 9.17) is 5.73 Å². The Labute approximate surface area is 104 Å². The van der Waals surface area contributed by atoms with E-state index in [1.54, 1.807) is 12.3 Å². The van der Waals surface area contributed by atoms with E-state index in [1.165, 1.54) is 0 Å². The van der Waals surface area contributed by atoms with Crippen molar-refractivity contribution in [2.24, 2.45) is 5.92 Å². The lowest BCUT2D eigenvalue weighted by Gasteiger charge is -2.15. The van der Waals surface area contributed by atoms with Gasteiger partial charge in [0.15, 0.2) is 0 Å². The SMILES string of the molecule is CC(C)CC(O)CNc1ncc(Br)cc1N. The number of nitrogens with zero attached hydrogens (tertiary/aromatic N) is 1. The van der Waals surface area contributed by atoms with E-state index in [9.17, 15) is 5.11 Å². The third-order valence-electron chi connectivity index (χ3n) is 2.13. The smallest absolute Gasteiger partial charge is 0.149 e. The zero-order chi connectivity index (χ0) is 12.1. The maximum atomic E-state index is 9.69. The second kappa shape index (κ2) is 6.06. The molecule has 0 radical (unpaired) electrons. The lowest BCUT2D eigenvalue weighted by molar-refractivity contribution is 0.161. The average Bonchev–Trinajstić information content (AvgIpc) is 2.15. The van der Waals surface area contributed by atoms with Gasteiger partial charge in [-0.15, -0.1) is 0 Å². The molecule has 1 heterocycles. The molecule has 0 saturated heterocycles. The molecule has 1 aromatic rings. The molecule has 0 aliphatic carbocycles. The zero-order valence-corrected chi connectivity index (χ0v) is 11.2. The molecular weight excluding hydrogens is 270 g/mol. The Morgan fingerprint density at radius 2 is 2.25 bits per heavy atom. The third-order valence-corrected chi connectivity index (χ3v) is 2.57. The van der Waals surface area contributed by atoms with Crippen LogP contribution in [0.25, 0.3) is 0 Å². The van der Waals surface area contributed by atoms with E-state index in [0.717, 1.165) is 10.9 Å². The molecule has 0 aliphatic rings. The highest BCUT2D eigenvalue weighted by molar-refractivity contribution is 9.10. The Morgan fingerprint density at radius 3 is 2.81 bits per heavy atom. The van der Waals surface area contributed by atoms with Crippen LogP contribution in [0.3, 0.4) is 0 Å². The van der Waals surface area contributed by atoms with Crippen molar-refractivity contribution >= 4 is 27.4 Å². The van der Waals surface area contributed by atoms with Crippen LogP contribution in [0, 0.1) is 5.92 Å². The molecule has 0 bridgehead atoms. The molecule has 1 atom stereocenters. The number of hydrogen-bond donors (Lipinski definition) is 3. The van der Waals surface area contributed by atoms with Crippen molar-refractivity contribution in [1.29, 1.82) is 0 Å². The third kappa shape index (κ3) is 4.37. The van der Waals surface area contributed by atoms with Gasteiger partial charge in [-0.2, -0.15) is 0 Å². The normalized spacial score (nSPS) is 12.8. The summed E-state index contributed by atoms with van der Waals surface area (Å²) in [4.78, 5) is 4.13. The molecule has 1 unspecified atom stereocenters. The van der Waals surface area contributed by atoms with E-state index in [0.29, 0.717) is 24.0 Å². The first kappa shape index (κ1) is 13.3. The fourth-order valence-electron chi connectivity index (χ4n) is 1.44. The minimum Gasteiger partial charge on any atom is -0.396 e. The lowest BCUT2D eigenvalue weighted by Crippen LogP contribution is -2.22. The molecule has 5 heteroatoms. The molecule has 0 saturated carbocycles. The van der Waals surface area contributed by atoms with Crippen LogP contribution in [0.4, 0.5) is 11.5 Å². The van der Waals surface area contributed by atoms with Gasteiger partial charge in [0.05, 0.1) is 11.8 Å². The number of anilines is 2. The van der Waals surface area contributed by atoms with Gasteiger partial charge >= 0.3 is 0 Å². The number of aliphatic hydroxyl groups is 1. The number of hydrogen-bond acceptors (Lipinski definition) is 4. The first-order valence-electron chi connectivity index (χ1n) is 5.32. The predicted molar refractivity (Wildman–Crippen MR) is 70.3 cm³/mol. The first-order valence-corrected chi connectivity index (χ1v) is 6.11. The van der Waals surface area contributed by atoms with Gasteiger partial charge in [0.1, 0.15) is 5.82 Å². The van der Waals surface area contributed by atoms with E-state index >= 15 is 0 Å². The molecule has 90 valence electrons. The molecule has 4 N–H and O–H groups in total. The Kier molecular flexibility index (Phi) is 5.02. The molecule has 1 aromatic heterocycles. The van der Waals surface area contributed by atoms with Crippen LogP contribution in [-0.4, -0.2) is 22.7 Å². The van der Waals surface area contributed by atoms with Crippen LogP contribution >= 0.6 is 15.9 Å². The molecule has 0 spiro atoms. The van der Waals surface area contributed by atoms with Crippen molar-refractivity contribution in [3.05, 3.63) is 16.7 Å². The summed E-state index contributed by atoms with van der Waals surface area (Å²) in [7, 11) is 0. The van der Waals surface area contributed by atoms with Crippen molar-refractivity contribution in [3.63, 3.8) is 0 Å². The average molecular weight is 288 g/mol. The summed E-state index contributed by atoms with van der Waals surface area (Å²) in [5, 5.41) is 12.7. The van der Waals surface area contributed by atoms with Crippen molar-refractivity contribution in [1.82, 2.24) is 4.98 Å².